The fourth-order valence-corrected chi connectivity index (χ4v) is 3.73. The number of rotatable bonds is 7. The zero-order chi connectivity index (χ0) is 21.0. The molecule has 0 aromatic heterocycles. The van der Waals surface area contributed by atoms with Gasteiger partial charge in [-0.25, -0.2) is 4.79 Å². The van der Waals surface area contributed by atoms with Crippen LogP contribution in [0.2, 0.25) is 0 Å². The van der Waals surface area contributed by atoms with E-state index in [1.165, 1.54) is 14.0 Å². The van der Waals surface area contributed by atoms with Crippen molar-refractivity contribution < 1.29 is 28.7 Å². The number of urea groups is 1. The summed E-state index contributed by atoms with van der Waals surface area (Å²) in [5, 5.41) is 5.37. The molecule has 29 heavy (non-hydrogen) atoms. The van der Waals surface area contributed by atoms with Crippen molar-refractivity contribution in [3.8, 4) is 5.75 Å². The average Bonchev–Trinajstić information content (AvgIpc) is 3.27. The van der Waals surface area contributed by atoms with Gasteiger partial charge in [0.1, 0.15) is 17.8 Å². The van der Waals surface area contributed by atoms with Crippen LogP contribution in [0.4, 0.5) is 4.79 Å². The van der Waals surface area contributed by atoms with Gasteiger partial charge in [-0.05, 0) is 25.8 Å². The number of hydrogen-bond donors (Lipinski definition) is 2. The molecule has 1 aromatic rings. The predicted octanol–water partition coefficient (Wildman–Crippen LogP) is 1.11. The summed E-state index contributed by atoms with van der Waals surface area (Å²) in [6, 6.07) is 6.64. The lowest BCUT2D eigenvalue weighted by molar-refractivity contribution is -0.156. The molecular weight excluding hydrogens is 378 g/mol. The van der Waals surface area contributed by atoms with E-state index in [0.717, 1.165) is 23.3 Å². The third-order valence-electron chi connectivity index (χ3n) is 5.31. The number of hydrogen-bond acceptors (Lipinski definition) is 6. The Morgan fingerprint density at radius 1 is 1.24 bits per heavy atom. The summed E-state index contributed by atoms with van der Waals surface area (Å²) in [5.74, 6) is -1.07. The maximum atomic E-state index is 12.6. The Morgan fingerprint density at radius 2 is 1.93 bits per heavy atom. The zero-order valence-corrected chi connectivity index (χ0v) is 16.5. The normalized spacial score (nSPS) is 18.5. The molecule has 1 atom stereocenters. The highest BCUT2D eigenvalue weighted by Crippen LogP contribution is 2.34. The first-order valence-corrected chi connectivity index (χ1v) is 9.59. The molecule has 0 unspecified atom stereocenters. The van der Waals surface area contributed by atoms with E-state index in [1.54, 1.807) is 6.07 Å². The molecule has 3 rings (SSSR count). The molecule has 2 N–H and O–H groups in total. The van der Waals surface area contributed by atoms with E-state index in [0.29, 0.717) is 18.6 Å². The Balaban J connectivity index is 1.50. The van der Waals surface area contributed by atoms with Crippen LogP contribution >= 0.6 is 0 Å². The maximum Gasteiger partial charge on any atom is 0.327 e. The van der Waals surface area contributed by atoms with Crippen LogP contribution in [-0.4, -0.2) is 54.0 Å². The van der Waals surface area contributed by atoms with Crippen LogP contribution in [0.15, 0.2) is 24.3 Å². The summed E-state index contributed by atoms with van der Waals surface area (Å²) in [6.07, 6.45) is 1.79. The van der Waals surface area contributed by atoms with Crippen LogP contribution in [-0.2, 0) is 25.7 Å². The summed E-state index contributed by atoms with van der Waals surface area (Å²) in [5.41, 5.74) is -0.0992. The first-order chi connectivity index (χ1) is 13.9. The first-order valence-electron chi connectivity index (χ1n) is 9.59. The highest BCUT2D eigenvalue weighted by atomic mass is 16.5. The van der Waals surface area contributed by atoms with E-state index in [-0.39, 0.29) is 6.54 Å². The van der Waals surface area contributed by atoms with E-state index in [9.17, 15) is 19.2 Å². The van der Waals surface area contributed by atoms with Crippen LogP contribution in [0.25, 0.3) is 0 Å². The second kappa shape index (κ2) is 8.50. The van der Waals surface area contributed by atoms with Gasteiger partial charge >= 0.3 is 12.0 Å². The summed E-state index contributed by atoms with van der Waals surface area (Å²) >= 11 is 0. The molecule has 2 fully saturated rings. The molecule has 4 amide bonds. The minimum absolute atomic E-state index is 0.209. The maximum absolute atomic E-state index is 12.6. The SMILES string of the molecule is COc1ccccc1CNC(=O)[C@H](C)OC(=O)CN1C(=O)NC2(CCCC2)C1=O. The quantitative estimate of drug-likeness (QED) is 0.521. The number of esters is 1. The van der Waals surface area contributed by atoms with Crippen molar-refractivity contribution in [3.63, 3.8) is 0 Å². The topological polar surface area (TPSA) is 114 Å². The number of amides is 4. The molecule has 1 aliphatic heterocycles. The Kier molecular flexibility index (Phi) is 6.05. The molecular formula is C20H25N3O6. The lowest BCUT2D eigenvalue weighted by atomic mass is 9.98. The molecule has 1 spiro atoms. The van der Waals surface area contributed by atoms with Crippen molar-refractivity contribution in [2.75, 3.05) is 13.7 Å². The molecule has 9 heteroatoms. The molecule has 0 radical (unpaired) electrons. The molecule has 2 aliphatic rings. The summed E-state index contributed by atoms with van der Waals surface area (Å²) in [6.45, 7) is 1.12. The lowest BCUT2D eigenvalue weighted by Crippen LogP contribution is -2.45. The van der Waals surface area contributed by atoms with Crippen molar-refractivity contribution in [1.29, 1.82) is 0 Å². The molecule has 1 aliphatic carbocycles. The molecule has 1 saturated heterocycles. The molecule has 1 saturated carbocycles. The van der Waals surface area contributed by atoms with Gasteiger partial charge in [0.2, 0.25) is 0 Å². The van der Waals surface area contributed by atoms with Gasteiger partial charge in [-0.1, -0.05) is 31.0 Å². The van der Waals surface area contributed by atoms with Gasteiger partial charge < -0.3 is 20.1 Å². The fraction of sp³-hybridized carbons (Fsp3) is 0.500. The van der Waals surface area contributed by atoms with Crippen LogP contribution in [0.5, 0.6) is 5.75 Å². The van der Waals surface area contributed by atoms with Gasteiger partial charge in [0.15, 0.2) is 6.10 Å². The highest BCUT2D eigenvalue weighted by molar-refractivity contribution is 6.08. The molecule has 1 aromatic carbocycles. The number of carbonyl (C=O) groups excluding carboxylic acids is 4. The van der Waals surface area contributed by atoms with Gasteiger partial charge in [-0.15, -0.1) is 0 Å². The Bertz CT molecular complexity index is 818. The van der Waals surface area contributed by atoms with Gasteiger partial charge in [0.05, 0.1) is 7.11 Å². The standard InChI is InChI=1S/C20H25N3O6/c1-13(17(25)21-11-14-7-3-4-8-15(14)28-2)29-16(24)12-23-18(26)20(22-19(23)27)9-5-6-10-20/h3-4,7-8,13H,5-6,9-12H2,1-2H3,(H,21,25)(H,22,27)/t13-/m0/s1. The third kappa shape index (κ3) is 4.33. The molecule has 0 bridgehead atoms. The Hall–Kier alpha value is -3.10. The number of nitrogens with zero attached hydrogens (tertiary/aromatic N) is 1. The lowest BCUT2D eigenvalue weighted by Gasteiger charge is -2.20. The van der Waals surface area contributed by atoms with Crippen LogP contribution in [0.3, 0.4) is 0 Å². The van der Waals surface area contributed by atoms with E-state index in [4.69, 9.17) is 9.47 Å². The Morgan fingerprint density at radius 3 is 2.62 bits per heavy atom. The third-order valence-corrected chi connectivity index (χ3v) is 5.31. The number of imide groups is 1. The minimum atomic E-state index is -1.07. The molecule has 1 heterocycles. The van der Waals surface area contributed by atoms with Crippen LogP contribution in [0, 0.1) is 0 Å². The van der Waals surface area contributed by atoms with E-state index >= 15 is 0 Å². The largest absolute Gasteiger partial charge is 0.496 e. The number of benzene rings is 1. The van der Waals surface area contributed by atoms with E-state index in [2.05, 4.69) is 10.6 Å². The van der Waals surface area contributed by atoms with Crippen molar-refractivity contribution in [2.45, 2.75) is 50.8 Å². The van der Waals surface area contributed by atoms with Gasteiger partial charge in [-0.3, -0.25) is 19.3 Å². The number of para-hydroxylation sites is 1. The van der Waals surface area contributed by atoms with Crippen molar-refractivity contribution >= 4 is 23.8 Å². The number of ether oxygens (including phenoxy) is 2. The van der Waals surface area contributed by atoms with Crippen molar-refractivity contribution in [1.82, 2.24) is 15.5 Å². The summed E-state index contributed by atoms with van der Waals surface area (Å²) in [4.78, 5) is 50.0. The van der Waals surface area contributed by atoms with Gasteiger partial charge in [0.25, 0.3) is 11.8 Å². The van der Waals surface area contributed by atoms with Crippen LogP contribution < -0.4 is 15.4 Å². The highest BCUT2D eigenvalue weighted by Gasteiger charge is 2.52. The smallest absolute Gasteiger partial charge is 0.327 e. The second-order valence-electron chi connectivity index (χ2n) is 7.27. The van der Waals surface area contributed by atoms with Crippen LogP contribution in [0.1, 0.15) is 38.2 Å². The minimum Gasteiger partial charge on any atom is -0.496 e. The Labute approximate surface area is 168 Å². The zero-order valence-electron chi connectivity index (χ0n) is 16.5. The molecule has 156 valence electrons. The van der Waals surface area contributed by atoms with E-state index < -0.39 is 42.0 Å². The van der Waals surface area contributed by atoms with Gasteiger partial charge in [-0.2, -0.15) is 0 Å². The fourth-order valence-electron chi connectivity index (χ4n) is 3.73. The first kappa shape index (κ1) is 20.6. The number of methoxy groups -OCH3 is 1. The van der Waals surface area contributed by atoms with Crippen molar-refractivity contribution in [2.24, 2.45) is 0 Å². The number of carbonyl (C=O) groups is 4. The molecule has 9 nitrogen and oxygen atoms in total. The van der Waals surface area contributed by atoms with E-state index in [1.807, 2.05) is 18.2 Å². The predicted molar refractivity (Wildman–Crippen MR) is 102 cm³/mol. The average molecular weight is 403 g/mol. The van der Waals surface area contributed by atoms with Crippen molar-refractivity contribution in [3.05, 3.63) is 29.8 Å². The second-order valence-corrected chi connectivity index (χ2v) is 7.27. The van der Waals surface area contributed by atoms with Gasteiger partial charge in [0, 0.05) is 12.1 Å². The summed E-state index contributed by atoms with van der Waals surface area (Å²) in [7, 11) is 1.54. The number of nitrogens with one attached hydrogen (secondary N) is 2. The summed E-state index contributed by atoms with van der Waals surface area (Å²) < 4.78 is 10.3. The monoisotopic (exact) mass is 403 g/mol.